The van der Waals surface area contributed by atoms with Crippen LogP contribution in [-0.2, 0) is 20.4 Å². The molecule has 0 aliphatic carbocycles. The van der Waals surface area contributed by atoms with Crippen molar-refractivity contribution in [3.8, 4) is 0 Å². The minimum atomic E-state index is -4.32. The third-order valence-electron chi connectivity index (χ3n) is 2.81. The molecule has 0 aromatic carbocycles. The van der Waals surface area contributed by atoms with Crippen LogP contribution in [0.15, 0.2) is 11.1 Å². The number of halogens is 1. The molecule has 0 radical (unpaired) electrons. The fraction of sp³-hybridized carbons (Fsp3) is 0.600. The molecule has 118 valence electrons. The summed E-state index contributed by atoms with van der Waals surface area (Å²) >= 11 is 0. The first kappa shape index (κ1) is 17.4. The Bertz CT molecular complexity index is 667. The van der Waals surface area contributed by atoms with E-state index in [0.29, 0.717) is 6.42 Å². The van der Waals surface area contributed by atoms with Crippen LogP contribution in [-0.4, -0.2) is 34.6 Å². The number of nitrogens with zero attached hydrogens (tertiary/aromatic N) is 3. The van der Waals surface area contributed by atoms with Gasteiger partial charge in [-0.3, -0.25) is 4.79 Å². The van der Waals surface area contributed by atoms with Crippen molar-refractivity contribution in [3.63, 3.8) is 0 Å². The normalized spacial score (nSPS) is 12.2. The van der Waals surface area contributed by atoms with E-state index in [9.17, 15) is 23.3 Å². The van der Waals surface area contributed by atoms with Crippen LogP contribution in [0, 0.1) is 10.1 Å². The van der Waals surface area contributed by atoms with Crippen molar-refractivity contribution >= 4 is 31.5 Å². The van der Waals surface area contributed by atoms with Gasteiger partial charge < -0.3 is 15.4 Å². The molecule has 0 spiro atoms. The van der Waals surface area contributed by atoms with E-state index in [4.69, 9.17) is 10.7 Å². The zero-order valence-corrected chi connectivity index (χ0v) is 13.2. The molecular formula is C10H15ClN4O5S. The number of nitro groups is 1. The van der Waals surface area contributed by atoms with Gasteiger partial charge in [-0.15, -0.1) is 0 Å². The van der Waals surface area contributed by atoms with Crippen molar-refractivity contribution in [3.05, 3.63) is 16.3 Å². The predicted molar refractivity (Wildman–Crippen MR) is 74.4 cm³/mol. The van der Waals surface area contributed by atoms with Gasteiger partial charge in [-0.2, -0.15) is 4.68 Å². The summed E-state index contributed by atoms with van der Waals surface area (Å²) in [7, 11) is 0.783. The summed E-state index contributed by atoms with van der Waals surface area (Å²) in [5.74, 6) is -1.36. The molecule has 1 N–H and O–H groups in total. The number of aromatic nitrogens is 2. The Labute approximate surface area is 125 Å². The second-order valence-corrected chi connectivity index (χ2v) is 7.53. The number of nitrogens with one attached hydrogen (secondary N) is 1. The fourth-order valence-corrected chi connectivity index (χ4v) is 2.33. The molecule has 9 nitrogen and oxygen atoms in total. The minimum Gasteiger partial charge on any atom is -0.358 e. The molecule has 1 amide bonds. The molecule has 0 atom stereocenters. The van der Waals surface area contributed by atoms with Gasteiger partial charge in [-0.1, -0.05) is 6.92 Å². The number of rotatable bonds is 6. The summed E-state index contributed by atoms with van der Waals surface area (Å²) in [5.41, 5.74) is -0.447. The summed E-state index contributed by atoms with van der Waals surface area (Å²) in [5, 5.41) is 16.9. The quantitative estimate of drug-likeness (QED) is 0.469. The average Bonchev–Trinajstić information content (AvgIpc) is 2.72. The van der Waals surface area contributed by atoms with Crippen LogP contribution in [0.4, 0.5) is 5.82 Å². The lowest BCUT2D eigenvalue weighted by Gasteiger charge is -2.24. The highest BCUT2D eigenvalue weighted by molar-refractivity contribution is 8.13. The first-order valence-corrected chi connectivity index (χ1v) is 8.24. The molecule has 1 aromatic heterocycles. The third kappa shape index (κ3) is 4.67. The van der Waals surface area contributed by atoms with E-state index >= 15 is 0 Å². The topological polar surface area (TPSA) is 124 Å². The second-order valence-electron chi connectivity index (χ2n) is 5.00. The molecule has 1 heterocycles. The van der Waals surface area contributed by atoms with E-state index in [1.165, 1.54) is 0 Å². The van der Waals surface area contributed by atoms with Gasteiger partial charge in [0.2, 0.25) is 10.8 Å². The maximum absolute atomic E-state index is 11.8. The van der Waals surface area contributed by atoms with Gasteiger partial charge in [0.15, 0.2) is 0 Å². The van der Waals surface area contributed by atoms with Gasteiger partial charge >= 0.3 is 5.82 Å². The van der Waals surface area contributed by atoms with Crippen LogP contribution < -0.4 is 5.32 Å². The Kier molecular flexibility index (Phi) is 4.95. The summed E-state index contributed by atoms with van der Waals surface area (Å²) in [4.78, 5) is 20.8. The van der Waals surface area contributed by atoms with Crippen LogP contribution >= 0.6 is 10.7 Å². The molecule has 0 saturated heterocycles. The lowest BCUT2D eigenvalue weighted by Crippen LogP contribution is -2.44. The molecule has 1 rings (SSSR count). The van der Waals surface area contributed by atoms with Gasteiger partial charge in [-0.05, 0) is 25.2 Å². The fourth-order valence-electron chi connectivity index (χ4n) is 1.42. The SMILES string of the molecule is CCC(C)(C)NC(=O)Cn1cc(S(=O)(=O)Cl)c([N+](=O)[O-])n1. The summed E-state index contributed by atoms with van der Waals surface area (Å²) in [6.07, 6.45) is 1.54. The Hall–Kier alpha value is -1.68. The largest absolute Gasteiger partial charge is 0.410 e. The number of carbonyl (C=O) groups excluding carboxylic acids is 1. The summed E-state index contributed by atoms with van der Waals surface area (Å²) in [6.45, 7) is 5.16. The molecular weight excluding hydrogens is 324 g/mol. The van der Waals surface area contributed by atoms with E-state index in [1.54, 1.807) is 0 Å². The zero-order valence-electron chi connectivity index (χ0n) is 11.7. The highest BCUT2D eigenvalue weighted by Gasteiger charge is 2.30. The Balaban J connectivity index is 3.01. The highest BCUT2D eigenvalue weighted by Crippen LogP contribution is 2.24. The monoisotopic (exact) mass is 338 g/mol. The van der Waals surface area contributed by atoms with Crippen molar-refractivity contribution < 1.29 is 18.1 Å². The summed E-state index contributed by atoms with van der Waals surface area (Å²) in [6, 6.07) is 0. The van der Waals surface area contributed by atoms with E-state index in [0.717, 1.165) is 10.9 Å². The lowest BCUT2D eigenvalue weighted by atomic mass is 10.0. The van der Waals surface area contributed by atoms with Gasteiger partial charge in [-0.25, -0.2) is 8.42 Å². The van der Waals surface area contributed by atoms with Crippen LogP contribution in [0.2, 0.25) is 0 Å². The Morgan fingerprint density at radius 1 is 1.57 bits per heavy atom. The minimum absolute atomic E-state index is 0.351. The van der Waals surface area contributed by atoms with Crippen molar-refractivity contribution in [1.29, 1.82) is 0 Å². The van der Waals surface area contributed by atoms with E-state index in [1.807, 2.05) is 20.8 Å². The molecule has 0 aliphatic rings. The van der Waals surface area contributed by atoms with Crippen LogP contribution in [0.5, 0.6) is 0 Å². The van der Waals surface area contributed by atoms with Crippen LogP contribution in [0.3, 0.4) is 0 Å². The van der Waals surface area contributed by atoms with E-state index in [2.05, 4.69) is 10.4 Å². The second kappa shape index (κ2) is 5.98. The molecule has 11 heteroatoms. The van der Waals surface area contributed by atoms with Gasteiger partial charge in [0.25, 0.3) is 9.05 Å². The third-order valence-corrected chi connectivity index (χ3v) is 4.12. The molecule has 0 aliphatic heterocycles. The first-order valence-electron chi connectivity index (χ1n) is 5.94. The average molecular weight is 339 g/mol. The number of hydrogen-bond donors (Lipinski definition) is 1. The first-order chi connectivity index (χ1) is 9.46. The molecule has 1 aromatic rings. The number of hydrogen-bond acceptors (Lipinski definition) is 6. The highest BCUT2D eigenvalue weighted by atomic mass is 35.7. The number of amides is 1. The van der Waals surface area contributed by atoms with E-state index < -0.39 is 36.1 Å². The smallest absolute Gasteiger partial charge is 0.358 e. The van der Waals surface area contributed by atoms with Crippen LogP contribution in [0.25, 0.3) is 0 Å². The molecule has 0 unspecified atom stereocenters. The lowest BCUT2D eigenvalue weighted by molar-refractivity contribution is -0.392. The van der Waals surface area contributed by atoms with Gasteiger partial charge in [0, 0.05) is 16.2 Å². The number of carbonyl (C=O) groups is 1. The van der Waals surface area contributed by atoms with Crippen molar-refractivity contribution in [2.24, 2.45) is 0 Å². The molecule has 0 saturated carbocycles. The summed E-state index contributed by atoms with van der Waals surface area (Å²) < 4.78 is 23.3. The Morgan fingerprint density at radius 2 is 2.14 bits per heavy atom. The van der Waals surface area contributed by atoms with E-state index in [-0.39, 0.29) is 6.54 Å². The van der Waals surface area contributed by atoms with Crippen molar-refractivity contribution in [1.82, 2.24) is 15.1 Å². The maximum atomic E-state index is 11.8. The van der Waals surface area contributed by atoms with Gasteiger partial charge in [0.05, 0.1) is 11.3 Å². The molecule has 0 fully saturated rings. The molecule has 21 heavy (non-hydrogen) atoms. The van der Waals surface area contributed by atoms with Crippen molar-refractivity contribution in [2.45, 2.75) is 44.2 Å². The maximum Gasteiger partial charge on any atom is 0.410 e. The standard InChI is InChI=1S/C10H15ClN4O5S/c1-4-10(2,3)12-8(16)6-14-5-7(21(11,19)20)9(13-14)15(17)18/h5H,4,6H2,1-3H3,(H,12,16). The zero-order chi connectivity index (χ0) is 16.4. The van der Waals surface area contributed by atoms with Crippen molar-refractivity contribution in [2.75, 3.05) is 0 Å². The predicted octanol–water partition coefficient (Wildman–Crippen LogP) is 1.02. The molecule has 0 bridgehead atoms. The Morgan fingerprint density at radius 3 is 2.52 bits per heavy atom. The van der Waals surface area contributed by atoms with Gasteiger partial charge in [0.1, 0.15) is 6.54 Å². The van der Waals surface area contributed by atoms with Crippen LogP contribution in [0.1, 0.15) is 27.2 Å².